The van der Waals surface area contributed by atoms with Crippen LogP contribution in [0.4, 0.5) is 0 Å². The van der Waals surface area contributed by atoms with E-state index in [4.69, 9.17) is 32.7 Å². The number of halogens is 3. The van der Waals surface area contributed by atoms with Crippen molar-refractivity contribution in [3.05, 3.63) is 87.7 Å². The number of hydrogen-bond donors (Lipinski definition) is 1. The Hall–Kier alpha value is -1.98. The lowest BCUT2D eigenvalue weighted by atomic mass is 10.1. The Labute approximate surface area is 187 Å². The van der Waals surface area contributed by atoms with Crippen molar-refractivity contribution in [2.45, 2.75) is 26.6 Å². The summed E-state index contributed by atoms with van der Waals surface area (Å²) in [5.41, 5.74) is 3.01. The molecule has 1 heterocycles. The molecule has 0 spiro atoms. The van der Waals surface area contributed by atoms with Crippen LogP contribution in [-0.2, 0) is 19.7 Å². The van der Waals surface area contributed by atoms with Gasteiger partial charge in [-0.1, -0.05) is 47.5 Å². The van der Waals surface area contributed by atoms with Gasteiger partial charge in [0.25, 0.3) is 0 Å². The molecule has 4 nitrogen and oxygen atoms in total. The molecule has 3 aromatic rings. The lowest BCUT2D eigenvalue weighted by Crippen LogP contribution is -2.14. The number of para-hydroxylation sites is 1. The first kappa shape index (κ1) is 23.3. The van der Waals surface area contributed by atoms with E-state index in [1.165, 1.54) is 0 Å². The molecule has 0 aliphatic carbocycles. The number of hydrogen-bond acceptors (Lipinski definition) is 4. The van der Waals surface area contributed by atoms with E-state index in [1.54, 1.807) is 18.3 Å². The zero-order valence-electron chi connectivity index (χ0n) is 16.0. The molecule has 0 radical (unpaired) electrons. The van der Waals surface area contributed by atoms with Crippen molar-refractivity contribution in [2.75, 3.05) is 6.61 Å². The van der Waals surface area contributed by atoms with Crippen molar-refractivity contribution in [1.29, 1.82) is 0 Å². The van der Waals surface area contributed by atoms with Gasteiger partial charge in [0.05, 0.1) is 6.61 Å². The maximum atomic E-state index is 6.27. The lowest BCUT2D eigenvalue weighted by molar-refractivity contribution is 0.266. The van der Waals surface area contributed by atoms with Gasteiger partial charge in [0, 0.05) is 46.7 Å². The van der Waals surface area contributed by atoms with E-state index in [1.807, 2.05) is 49.5 Å². The van der Waals surface area contributed by atoms with E-state index >= 15 is 0 Å². The molecule has 0 saturated carbocycles. The van der Waals surface area contributed by atoms with Gasteiger partial charge in [0.2, 0.25) is 0 Å². The van der Waals surface area contributed by atoms with Crippen molar-refractivity contribution in [3.63, 3.8) is 0 Å². The van der Waals surface area contributed by atoms with Gasteiger partial charge in [-0.2, -0.15) is 0 Å². The Morgan fingerprint density at radius 2 is 1.83 bits per heavy atom. The van der Waals surface area contributed by atoms with Crippen LogP contribution in [0.1, 0.15) is 23.6 Å². The van der Waals surface area contributed by atoms with Crippen LogP contribution < -0.4 is 14.8 Å². The molecule has 0 aliphatic rings. The van der Waals surface area contributed by atoms with Crippen LogP contribution in [0.15, 0.2) is 60.9 Å². The number of benzene rings is 2. The van der Waals surface area contributed by atoms with Crippen LogP contribution in [0.25, 0.3) is 0 Å². The largest absolute Gasteiger partial charge is 0.490 e. The Bertz CT molecular complexity index is 908. The first-order chi connectivity index (χ1) is 13.7. The minimum atomic E-state index is 0. The summed E-state index contributed by atoms with van der Waals surface area (Å²) >= 11 is 12.2. The second-order valence-corrected chi connectivity index (χ2v) is 7.01. The van der Waals surface area contributed by atoms with Gasteiger partial charge in [-0.15, -0.1) is 12.4 Å². The Morgan fingerprint density at radius 3 is 2.55 bits per heavy atom. The molecule has 0 aliphatic heterocycles. The molecular weight excluding hydrogens is 431 g/mol. The third kappa shape index (κ3) is 6.79. The quantitative estimate of drug-likeness (QED) is 0.426. The van der Waals surface area contributed by atoms with E-state index in [9.17, 15) is 0 Å². The maximum absolute atomic E-state index is 6.27. The van der Waals surface area contributed by atoms with E-state index in [0.717, 1.165) is 23.2 Å². The molecule has 0 saturated heterocycles. The van der Waals surface area contributed by atoms with Crippen molar-refractivity contribution >= 4 is 35.6 Å². The summed E-state index contributed by atoms with van der Waals surface area (Å²) in [7, 11) is 0. The summed E-state index contributed by atoms with van der Waals surface area (Å²) in [6, 6.07) is 15.3. The Morgan fingerprint density at radius 1 is 0.966 bits per heavy atom. The average molecular weight is 454 g/mol. The first-order valence-electron chi connectivity index (χ1n) is 9.08. The molecule has 154 valence electrons. The minimum Gasteiger partial charge on any atom is -0.490 e. The summed E-state index contributed by atoms with van der Waals surface area (Å²) in [4.78, 5) is 4.14. The molecule has 2 aromatic carbocycles. The molecule has 0 fully saturated rings. The number of pyridine rings is 1. The monoisotopic (exact) mass is 452 g/mol. The first-order valence-corrected chi connectivity index (χ1v) is 9.84. The second kappa shape index (κ2) is 11.9. The number of rotatable bonds is 9. The molecule has 1 aromatic heterocycles. The van der Waals surface area contributed by atoms with Crippen molar-refractivity contribution in [3.8, 4) is 11.5 Å². The molecule has 29 heavy (non-hydrogen) atoms. The number of ether oxygens (including phenoxy) is 2. The topological polar surface area (TPSA) is 43.4 Å². The Kier molecular flexibility index (Phi) is 9.55. The van der Waals surface area contributed by atoms with Gasteiger partial charge in [-0.05, 0) is 36.8 Å². The molecule has 1 N–H and O–H groups in total. The van der Waals surface area contributed by atoms with Crippen LogP contribution in [-0.4, -0.2) is 11.6 Å². The SMILES string of the molecule is CCOc1cccc(CNCc2cccnc2)c1OCc1ccc(Cl)cc1Cl.Cl. The average Bonchev–Trinajstić information content (AvgIpc) is 2.70. The summed E-state index contributed by atoms with van der Waals surface area (Å²) in [5, 5.41) is 4.61. The third-order valence-corrected chi connectivity index (χ3v) is 4.70. The van der Waals surface area contributed by atoms with Crippen LogP contribution in [0.2, 0.25) is 10.0 Å². The zero-order valence-corrected chi connectivity index (χ0v) is 18.4. The van der Waals surface area contributed by atoms with E-state index < -0.39 is 0 Å². The second-order valence-electron chi connectivity index (χ2n) is 6.17. The number of nitrogens with zero attached hydrogens (tertiary/aromatic N) is 1. The molecule has 0 atom stereocenters. The van der Waals surface area contributed by atoms with Gasteiger partial charge in [-0.3, -0.25) is 4.98 Å². The van der Waals surface area contributed by atoms with Crippen molar-refractivity contribution in [1.82, 2.24) is 10.3 Å². The smallest absolute Gasteiger partial charge is 0.166 e. The fraction of sp³-hybridized carbons (Fsp3) is 0.227. The van der Waals surface area contributed by atoms with E-state index in [0.29, 0.717) is 41.3 Å². The van der Waals surface area contributed by atoms with Gasteiger partial charge in [0.15, 0.2) is 11.5 Å². The fourth-order valence-electron chi connectivity index (χ4n) is 2.77. The molecular formula is C22H23Cl3N2O2. The molecule has 0 bridgehead atoms. The van der Waals surface area contributed by atoms with Gasteiger partial charge < -0.3 is 14.8 Å². The van der Waals surface area contributed by atoms with E-state index in [2.05, 4.69) is 10.3 Å². The summed E-state index contributed by atoms with van der Waals surface area (Å²) in [5.74, 6) is 1.43. The minimum absolute atomic E-state index is 0. The summed E-state index contributed by atoms with van der Waals surface area (Å²) in [6.07, 6.45) is 3.62. The van der Waals surface area contributed by atoms with Crippen molar-refractivity contribution < 1.29 is 9.47 Å². The molecule has 0 unspecified atom stereocenters. The van der Waals surface area contributed by atoms with E-state index in [-0.39, 0.29) is 12.4 Å². The summed E-state index contributed by atoms with van der Waals surface area (Å²) in [6.45, 7) is 4.20. The highest BCUT2D eigenvalue weighted by molar-refractivity contribution is 6.35. The molecule has 3 rings (SSSR count). The van der Waals surface area contributed by atoms with Gasteiger partial charge in [0.1, 0.15) is 6.61 Å². The van der Waals surface area contributed by atoms with Crippen LogP contribution in [0.5, 0.6) is 11.5 Å². The van der Waals surface area contributed by atoms with Crippen LogP contribution in [0, 0.1) is 0 Å². The lowest BCUT2D eigenvalue weighted by Gasteiger charge is -2.17. The predicted molar refractivity (Wildman–Crippen MR) is 120 cm³/mol. The highest BCUT2D eigenvalue weighted by Crippen LogP contribution is 2.33. The molecule has 7 heteroatoms. The number of nitrogens with one attached hydrogen (secondary N) is 1. The summed E-state index contributed by atoms with van der Waals surface area (Å²) < 4.78 is 11.9. The predicted octanol–water partition coefficient (Wildman–Crippen LogP) is 6.08. The van der Waals surface area contributed by atoms with Crippen molar-refractivity contribution in [2.24, 2.45) is 0 Å². The zero-order chi connectivity index (χ0) is 19.8. The normalized spacial score (nSPS) is 10.3. The molecule has 0 amide bonds. The third-order valence-electron chi connectivity index (χ3n) is 4.11. The highest BCUT2D eigenvalue weighted by Gasteiger charge is 2.12. The maximum Gasteiger partial charge on any atom is 0.166 e. The van der Waals surface area contributed by atoms with Crippen LogP contribution in [0.3, 0.4) is 0 Å². The van der Waals surface area contributed by atoms with Gasteiger partial charge >= 0.3 is 0 Å². The number of aromatic nitrogens is 1. The highest BCUT2D eigenvalue weighted by atomic mass is 35.5. The Balaban J connectivity index is 0.00000300. The van der Waals surface area contributed by atoms with Crippen LogP contribution >= 0.6 is 35.6 Å². The van der Waals surface area contributed by atoms with Gasteiger partial charge in [-0.25, -0.2) is 0 Å². The standard InChI is InChI=1S/C22H22Cl2N2O2.ClH/c1-2-27-21-7-3-6-17(14-26-13-16-5-4-10-25-12-16)22(21)28-15-18-8-9-19(23)11-20(18)24;/h3-12,26H,2,13-15H2,1H3;1H. The fourth-order valence-corrected chi connectivity index (χ4v) is 3.23.